The van der Waals surface area contributed by atoms with Gasteiger partial charge in [0.15, 0.2) is 0 Å². The molecule has 0 aromatic heterocycles. The quantitative estimate of drug-likeness (QED) is 0.532. The Balaban J connectivity index is 0. The van der Waals surface area contributed by atoms with Gasteiger partial charge < -0.3 is 40.5 Å². The Morgan fingerprint density at radius 2 is 0.400 bits per heavy atom. The van der Waals surface area contributed by atoms with Crippen LogP contribution in [0.3, 0.4) is 0 Å². The second kappa shape index (κ2) is 36.5. The third-order valence-corrected chi connectivity index (χ3v) is 0. The zero-order valence-corrected chi connectivity index (χ0v) is 6.42. The maximum absolute atomic E-state index is 0. The first-order valence-corrected chi connectivity index (χ1v) is 0. The smallest absolute Gasteiger partial charge is 2.00 e. The molecule has 0 unspecified atom stereocenters. The van der Waals surface area contributed by atoms with E-state index in [9.17, 15) is 0 Å². The van der Waals surface area contributed by atoms with Gasteiger partial charge in [0, 0.05) is 0 Å². The summed E-state index contributed by atoms with van der Waals surface area (Å²) in [4.78, 5) is 0. The molecule has 0 saturated carbocycles. The van der Waals surface area contributed by atoms with E-state index in [0.29, 0.717) is 0 Å². The summed E-state index contributed by atoms with van der Waals surface area (Å²) >= 11 is 0. The molecule has 0 radical (unpaired) electrons. The minimum atomic E-state index is 0. The summed E-state index contributed by atoms with van der Waals surface area (Å²) in [6, 6.07) is 0. The van der Waals surface area contributed by atoms with Crippen LogP contribution in [0.15, 0.2) is 0 Å². The van der Waals surface area contributed by atoms with Crippen molar-refractivity contribution in [1.29, 1.82) is 0 Å². The van der Waals surface area contributed by atoms with Gasteiger partial charge in [-0.15, -0.1) is 0 Å². The predicted octanol–water partition coefficient (Wildman–Crippen LogP) is -0.0122. The molecule has 0 spiro atoms. The Hall–Kier alpha value is 2.06. The van der Waals surface area contributed by atoms with E-state index >= 15 is 0 Å². The molecule has 0 aromatic rings. The molecule has 0 bridgehead atoms. The molecule has 0 aliphatic rings. The molecule has 0 saturated heterocycles. The van der Waals surface area contributed by atoms with Crippen molar-refractivity contribution in [3.63, 3.8) is 0 Å². The van der Waals surface area contributed by atoms with E-state index in [4.69, 9.17) is 0 Å². The van der Waals surface area contributed by atoms with Crippen molar-refractivity contribution in [3.05, 3.63) is 0 Å². The third-order valence-electron chi connectivity index (χ3n) is 0. The zero-order chi connectivity index (χ0) is 0. The average molecular weight is 214 g/mol. The van der Waals surface area contributed by atoms with E-state index in [1.54, 1.807) is 0 Å². The molecule has 0 heterocycles. The van der Waals surface area contributed by atoms with Gasteiger partial charge >= 0.3 is 33.6 Å². The van der Waals surface area contributed by atoms with Crippen molar-refractivity contribution in [2.24, 2.45) is 0 Å². The van der Waals surface area contributed by atoms with Crippen LogP contribution >= 0.6 is 0 Å². The predicted molar refractivity (Wildman–Crippen MR) is 22.1 cm³/mol. The molecule has 0 rings (SSSR count). The van der Waals surface area contributed by atoms with Gasteiger partial charge in [-0.05, 0) is 0 Å². The maximum Gasteiger partial charge on any atom is 3.00 e. The summed E-state index contributed by atoms with van der Waals surface area (Å²) < 4.78 is 0. The molecule has 5 heteroatoms. The molecular formula is Co2S3. The molecular weight excluding hydrogens is 214 g/mol. The third kappa shape index (κ3) is 23.5. The number of rotatable bonds is 0. The standard InChI is InChI=1S/2Co.3S/q2*+3;3*-2. The largest absolute Gasteiger partial charge is 3.00 e. The van der Waals surface area contributed by atoms with Crippen LogP contribution in [0.4, 0.5) is 0 Å². The van der Waals surface area contributed by atoms with Crippen molar-refractivity contribution >= 4 is 40.5 Å². The van der Waals surface area contributed by atoms with Gasteiger partial charge in [-0.3, -0.25) is 0 Å². The molecule has 0 fully saturated rings. The summed E-state index contributed by atoms with van der Waals surface area (Å²) in [5, 5.41) is 0. The van der Waals surface area contributed by atoms with Crippen LogP contribution in [0.1, 0.15) is 0 Å². The Kier molecular flexibility index (Phi) is 446. The Morgan fingerprint density at radius 1 is 0.400 bits per heavy atom. The fraction of sp³-hybridized carbons (Fsp3) is 0. The van der Waals surface area contributed by atoms with Crippen molar-refractivity contribution in [3.8, 4) is 0 Å². The molecule has 0 aliphatic carbocycles. The summed E-state index contributed by atoms with van der Waals surface area (Å²) in [5.41, 5.74) is 0. The second-order valence-electron chi connectivity index (χ2n) is 0. The zero-order valence-electron chi connectivity index (χ0n) is 1.89. The van der Waals surface area contributed by atoms with Gasteiger partial charge in [0.1, 0.15) is 0 Å². The molecule has 0 aliphatic heterocycles. The van der Waals surface area contributed by atoms with Crippen LogP contribution < -0.4 is 0 Å². The van der Waals surface area contributed by atoms with Crippen molar-refractivity contribution in [2.75, 3.05) is 0 Å². The SMILES string of the molecule is [Co+3].[Co+3].[S-2].[S-2].[S-2]. The van der Waals surface area contributed by atoms with E-state index < -0.39 is 0 Å². The van der Waals surface area contributed by atoms with Crippen LogP contribution in [-0.2, 0) is 74.0 Å². The van der Waals surface area contributed by atoms with Gasteiger partial charge in [0.2, 0.25) is 0 Å². The first-order chi connectivity index (χ1) is 0. The summed E-state index contributed by atoms with van der Waals surface area (Å²) in [6.07, 6.45) is 0. The van der Waals surface area contributed by atoms with Gasteiger partial charge in [0.05, 0.1) is 0 Å². The first-order valence-electron chi connectivity index (χ1n) is 0. The minimum absolute atomic E-state index is 0. The van der Waals surface area contributed by atoms with Crippen molar-refractivity contribution in [1.82, 2.24) is 0 Å². The summed E-state index contributed by atoms with van der Waals surface area (Å²) in [7, 11) is 0. The van der Waals surface area contributed by atoms with E-state index in [1.807, 2.05) is 0 Å². The normalized spacial score (nSPS) is 0. The first kappa shape index (κ1) is 61.0. The van der Waals surface area contributed by atoms with Crippen LogP contribution in [-0.4, -0.2) is 0 Å². The van der Waals surface area contributed by atoms with Crippen molar-refractivity contribution in [2.45, 2.75) is 0 Å². The molecule has 0 N–H and O–H groups in total. The average Bonchev–Trinajstić information content (AvgIpc) is 0. The van der Waals surface area contributed by atoms with Crippen LogP contribution in [0.25, 0.3) is 0 Å². The fourth-order valence-electron chi connectivity index (χ4n) is 0. The number of hydrogen-bond donors (Lipinski definition) is 0. The Labute approximate surface area is 73.6 Å². The molecule has 0 atom stereocenters. The van der Waals surface area contributed by atoms with Gasteiger partial charge in [-0.25, -0.2) is 0 Å². The monoisotopic (exact) mass is 214 g/mol. The number of hydrogen-bond acceptors (Lipinski definition) is 0. The second-order valence-corrected chi connectivity index (χ2v) is 0. The summed E-state index contributed by atoms with van der Waals surface area (Å²) in [5.74, 6) is 0. The molecule has 0 aromatic carbocycles. The van der Waals surface area contributed by atoms with Gasteiger partial charge in [-0.2, -0.15) is 0 Å². The molecule has 5 heavy (non-hydrogen) atoms. The van der Waals surface area contributed by atoms with Crippen LogP contribution in [0.5, 0.6) is 0 Å². The maximum atomic E-state index is 0. The fourth-order valence-corrected chi connectivity index (χ4v) is 0. The van der Waals surface area contributed by atoms with Crippen LogP contribution in [0, 0.1) is 0 Å². The minimum Gasteiger partial charge on any atom is -2.00 e. The summed E-state index contributed by atoms with van der Waals surface area (Å²) in [6.45, 7) is 0. The topological polar surface area (TPSA) is 0 Å². The Bertz CT molecular complexity index is 4.85. The Morgan fingerprint density at radius 3 is 0.400 bits per heavy atom. The van der Waals surface area contributed by atoms with E-state index in [-0.39, 0.29) is 74.0 Å². The van der Waals surface area contributed by atoms with Gasteiger partial charge in [0.25, 0.3) is 0 Å². The van der Waals surface area contributed by atoms with Crippen molar-refractivity contribution < 1.29 is 33.6 Å². The van der Waals surface area contributed by atoms with E-state index in [0.717, 1.165) is 0 Å². The van der Waals surface area contributed by atoms with E-state index in [1.165, 1.54) is 0 Å². The van der Waals surface area contributed by atoms with Gasteiger partial charge in [-0.1, -0.05) is 0 Å². The van der Waals surface area contributed by atoms with E-state index in [2.05, 4.69) is 0 Å². The molecule has 0 amide bonds. The van der Waals surface area contributed by atoms with Crippen LogP contribution in [0.2, 0.25) is 0 Å². The molecule has 36 valence electrons. The molecule has 0 nitrogen and oxygen atoms in total.